The predicted molar refractivity (Wildman–Crippen MR) is 79.6 cm³/mol. The summed E-state index contributed by atoms with van der Waals surface area (Å²) < 4.78 is 5.50. The highest BCUT2D eigenvalue weighted by Crippen LogP contribution is 2.23. The number of amides is 1. The molecule has 2 saturated heterocycles. The first-order valence-corrected chi connectivity index (χ1v) is 7.74. The molecule has 2 aliphatic rings. The Kier molecular flexibility index (Phi) is 4.28. The van der Waals surface area contributed by atoms with E-state index in [2.05, 4.69) is 15.2 Å². The zero-order valence-electron chi connectivity index (χ0n) is 12.6. The zero-order valence-corrected chi connectivity index (χ0v) is 12.6. The quantitative estimate of drug-likeness (QED) is 0.491. The summed E-state index contributed by atoms with van der Waals surface area (Å²) in [7, 11) is 0. The van der Waals surface area contributed by atoms with E-state index in [0.717, 1.165) is 31.0 Å². The van der Waals surface area contributed by atoms with Gasteiger partial charge in [0.05, 0.1) is 0 Å². The molecular weight excluding hydrogens is 268 g/mol. The first-order valence-electron chi connectivity index (χ1n) is 7.74. The molecule has 21 heavy (non-hydrogen) atoms. The van der Waals surface area contributed by atoms with Gasteiger partial charge in [-0.1, -0.05) is 0 Å². The Morgan fingerprint density at radius 1 is 1.43 bits per heavy atom. The van der Waals surface area contributed by atoms with E-state index in [1.165, 1.54) is 32.4 Å². The van der Waals surface area contributed by atoms with Gasteiger partial charge in [-0.2, -0.15) is 0 Å². The number of carbonyl (C=O) groups excluding carboxylic acids is 1. The van der Waals surface area contributed by atoms with Gasteiger partial charge in [0.15, 0.2) is 5.76 Å². The summed E-state index contributed by atoms with van der Waals surface area (Å²) in [6.45, 7) is 7.44. The van der Waals surface area contributed by atoms with Gasteiger partial charge < -0.3 is 4.42 Å². The van der Waals surface area contributed by atoms with Crippen LogP contribution in [-0.4, -0.2) is 47.9 Å². The van der Waals surface area contributed by atoms with Crippen molar-refractivity contribution in [1.82, 2.24) is 15.2 Å². The van der Waals surface area contributed by atoms with Crippen molar-refractivity contribution in [3.63, 3.8) is 0 Å². The largest absolute Gasteiger partial charge is 0.456 e. The second-order valence-electron chi connectivity index (χ2n) is 6.09. The lowest BCUT2D eigenvalue weighted by Crippen LogP contribution is -2.36. The van der Waals surface area contributed by atoms with Crippen LogP contribution in [0.1, 0.15) is 41.1 Å². The molecule has 1 unspecified atom stereocenters. The minimum absolute atomic E-state index is 0.294. The molecule has 0 bridgehead atoms. The molecule has 1 aromatic heterocycles. The maximum absolute atomic E-state index is 11.5. The normalized spacial score (nSPS) is 23.8. The third kappa shape index (κ3) is 3.12. The van der Waals surface area contributed by atoms with Crippen molar-refractivity contribution < 1.29 is 9.21 Å². The number of hydrogen-bond donors (Lipinski definition) is 2. The summed E-state index contributed by atoms with van der Waals surface area (Å²) in [6, 6.07) is 2.51. The number of carbonyl (C=O) groups is 1. The van der Waals surface area contributed by atoms with E-state index >= 15 is 0 Å². The summed E-state index contributed by atoms with van der Waals surface area (Å²) in [4.78, 5) is 16.6. The number of hydrazine groups is 1. The van der Waals surface area contributed by atoms with Crippen LogP contribution in [0.5, 0.6) is 0 Å². The van der Waals surface area contributed by atoms with Crippen molar-refractivity contribution >= 4 is 5.91 Å². The molecule has 0 aliphatic carbocycles. The van der Waals surface area contributed by atoms with Gasteiger partial charge in [-0.05, 0) is 51.9 Å². The van der Waals surface area contributed by atoms with Gasteiger partial charge in [-0.15, -0.1) is 0 Å². The van der Waals surface area contributed by atoms with E-state index in [4.69, 9.17) is 10.3 Å². The summed E-state index contributed by atoms with van der Waals surface area (Å²) in [5.41, 5.74) is 3.20. The second-order valence-corrected chi connectivity index (χ2v) is 6.09. The zero-order chi connectivity index (χ0) is 14.8. The fourth-order valence-electron chi connectivity index (χ4n) is 3.53. The molecule has 0 spiro atoms. The van der Waals surface area contributed by atoms with Crippen LogP contribution in [0.25, 0.3) is 0 Å². The molecular formula is C15H24N4O2. The van der Waals surface area contributed by atoms with Crippen LogP contribution < -0.4 is 11.3 Å². The van der Waals surface area contributed by atoms with Gasteiger partial charge in [0, 0.05) is 24.7 Å². The highest BCUT2D eigenvalue weighted by Gasteiger charge is 2.29. The minimum atomic E-state index is -0.373. The van der Waals surface area contributed by atoms with Crippen molar-refractivity contribution in [2.75, 3.05) is 26.2 Å². The maximum Gasteiger partial charge on any atom is 0.300 e. The Morgan fingerprint density at radius 2 is 2.24 bits per heavy atom. The molecule has 0 saturated carbocycles. The third-order valence-electron chi connectivity index (χ3n) is 4.66. The van der Waals surface area contributed by atoms with Crippen LogP contribution in [0.2, 0.25) is 0 Å². The van der Waals surface area contributed by atoms with Gasteiger partial charge in [0.1, 0.15) is 5.76 Å². The third-order valence-corrected chi connectivity index (χ3v) is 4.66. The van der Waals surface area contributed by atoms with Crippen LogP contribution in [0.15, 0.2) is 10.5 Å². The number of nitrogen functional groups attached to an aromatic ring is 1. The van der Waals surface area contributed by atoms with Crippen LogP contribution in [0.4, 0.5) is 0 Å². The average Bonchev–Trinajstić information content (AvgIpc) is 3.01. The highest BCUT2D eigenvalue weighted by atomic mass is 16.4. The van der Waals surface area contributed by atoms with Crippen molar-refractivity contribution in [2.45, 2.75) is 38.8 Å². The van der Waals surface area contributed by atoms with Crippen LogP contribution >= 0.6 is 0 Å². The molecule has 3 heterocycles. The van der Waals surface area contributed by atoms with E-state index in [1.54, 1.807) is 0 Å². The van der Waals surface area contributed by atoms with Gasteiger partial charge in [0.25, 0.3) is 0 Å². The SMILES string of the molecule is Cc1oc(C(=O)NN)cc1CN1CCCN2CCCC2C1. The predicted octanol–water partition coefficient (Wildman–Crippen LogP) is 0.862. The molecule has 1 aromatic rings. The summed E-state index contributed by atoms with van der Waals surface area (Å²) >= 11 is 0. The fourth-order valence-corrected chi connectivity index (χ4v) is 3.53. The molecule has 2 aliphatic heterocycles. The standard InChI is InChI=1S/C15H24N4O2/c1-11-12(8-14(21-11)15(20)17-16)9-18-5-3-7-19-6-2-4-13(19)10-18/h8,13H,2-7,9-10,16H2,1H3,(H,17,20). The smallest absolute Gasteiger partial charge is 0.300 e. The van der Waals surface area contributed by atoms with E-state index in [0.29, 0.717) is 11.8 Å². The highest BCUT2D eigenvalue weighted by molar-refractivity contribution is 5.91. The van der Waals surface area contributed by atoms with E-state index in [1.807, 2.05) is 13.0 Å². The number of rotatable bonds is 3. The number of fused-ring (bicyclic) bond motifs is 1. The molecule has 6 heteroatoms. The Hall–Kier alpha value is -1.37. The fraction of sp³-hybridized carbons (Fsp3) is 0.667. The molecule has 116 valence electrons. The van der Waals surface area contributed by atoms with Gasteiger partial charge in [-0.3, -0.25) is 20.0 Å². The molecule has 1 amide bonds. The van der Waals surface area contributed by atoms with E-state index < -0.39 is 0 Å². The van der Waals surface area contributed by atoms with E-state index in [-0.39, 0.29) is 5.91 Å². The van der Waals surface area contributed by atoms with E-state index in [9.17, 15) is 4.79 Å². The molecule has 3 N–H and O–H groups in total. The molecule has 2 fully saturated rings. The first-order chi connectivity index (χ1) is 10.2. The monoisotopic (exact) mass is 292 g/mol. The van der Waals surface area contributed by atoms with Gasteiger partial charge in [0.2, 0.25) is 0 Å². The summed E-state index contributed by atoms with van der Waals surface area (Å²) in [5, 5.41) is 0. The lowest BCUT2D eigenvalue weighted by atomic mass is 10.2. The van der Waals surface area contributed by atoms with Crippen molar-refractivity contribution in [3.8, 4) is 0 Å². The van der Waals surface area contributed by atoms with Crippen molar-refractivity contribution in [1.29, 1.82) is 0 Å². The van der Waals surface area contributed by atoms with Crippen molar-refractivity contribution in [2.24, 2.45) is 5.84 Å². The molecule has 1 atom stereocenters. The van der Waals surface area contributed by atoms with Gasteiger partial charge >= 0.3 is 5.91 Å². The lowest BCUT2D eigenvalue weighted by molar-refractivity contribution is 0.0924. The molecule has 0 radical (unpaired) electrons. The van der Waals surface area contributed by atoms with Crippen LogP contribution in [-0.2, 0) is 6.54 Å². The van der Waals surface area contributed by atoms with Crippen molar-refractivity contribution in [3.05, 3.63) is 23.2 Å². The number of furan rings is 1. The second kappa shape index (κ2) is 6.17. The Morgan fingerprint density at radius 3 is 3.05 bits per heavy atom. The summed E-state index contributed by atoms with van der Waals surface area (Å²) in [5.74, 6) is 5.88. The lowest BCUT2D eigenvalue weighted by Gasteiger charge is -2.25. The number of nitrogens with zero attached hydrogens (tertiary/aromatic N) is 2. The number of nitrogens with two attached hydrogens (primary N) is 1. The molecule has 6 nitrogen and oxygen atoms in total. The summed E-state index contributed by atoms with van der Waals surface area (Å²) in [6.07, 6.45) is 3.84. The van der Waals surface area contributed by atoms with Crippen LogP contribution in [0.3, 0.4) is 0 Å². The van der Waals surface area contributed by atoms with Gasteiger partial charge in [-0.25, -0.2) is 5.84 Å². The Balaban J connectivity index is 1.68. The number of nitrogens with one attached hydrogen (secondary N) is 1. The molecule has 0 aromatic carbocycles. The average molecular weight is 292 g/mol. The maximum atomic E-state index is 11.5. The first kappa shape index (κ1) is 14.6. The topological polar surface area (TPSA) is 74.7 Å². The minimum Gasteiger partial charge on any atom is -0.456 e. The van der Waals surface area contributed by atoms with Crippen LogP contribution in [0, 0.1) is 6.92 Å². The number of hydrogen-bond acceptors (Lipinski definition) is 5. The Labute approximate surface area is 125 Å². The molecule has 3 rings (SSSR count). The Bertz CT molecular complexity index is 514. The number of aryl methyl sites for hydroxylation is 1.